The molecule has 4 rings (SSSR count). The number of oxazole rings is 1. The minimum Gasteiger partial charge on any atom is -0.436 e. The number of aromatic nitrogens is 3. The molecule has 2 heterocycles. The van der Waals surface area contributed by atoms with Crippen molar-refractivity contribution in [2.24, 2.45) is 5.92 Å². The van der Waals surface area contributed by atoms with Crippen LogP contribution in [0.25, 0.3) is 0 Å². The topological polar surface area (TPSA) is 85.2 Å². The molecule has 0 bridgehead atoms. The molecule has 7 nitrogen and oxygen atoms in total. The molecule has 172 valence electrons. The van der Waals surface area contributed by atoms with E-state index in [1.54, 1.807) is 6.20 Å². The van der Waals surface area contributed by atoms with Crippen LogP contribution in [0, 0.1) is 12.8 Å². The van der Waals surface area contributed by atoms with E-state index in [2.05, 4.69) is 29.2 Å². The number of aryl methyl sites for hydroxylation is 2. The molecule has 1 aliphatic carbocycles. The molecule has 1 aromatic carbocycles. The SMILES string of the molecule is Cc1noc(CCC[N+](C)(C)Cc2cnc([C@](O)(c3ccccc3)C3CCCCC3)o2)n1. The van der Waals surface area contributed by atoms with Crippen LogP contribution in [-0.2, 0) is 18.6 Å². The van der Waals surface area contributed by atoms with Crippen molar-refractivity contribution in [3.63, 3.8) is 0 Å². The van der Waals surface area contributed by atoms with Crippen LogP contribution in [0.1, 0.15) is 67.5 Å². The van der Waals surface area contributed by atoms with Crippen molar-refractivity contribution in [2.45, 2.75) is 64.0 Å². The van der Waals surface area contributed by atoms with Crippen LogP contribution in [-0.4, -0.2) is 45.4 Å². The first-order valence-electron chi connectivity index (χ1n) is 11.7. The lowest BCUT2D eigenvalue weighted by atomic mass is 9.73. The molecule has 0 amide bonds. The number of rotatable bonds is 9. The maximum Gasteiger partial charge on any atom is 0.231 e. The largest absolute Gasteiger partial charge is 0.436 e. The molecule has 1 aliphatic rings. The zero-order valence-electron chi connectivity index (χ0n) is 19.5. The molecule has 1 N–H and O–H groups in total. The van der Waals surface area contributed by atoms with Gasteiger partial charge in [0.15, 0.2) is 17.2 Å². The lowest BCUT2D eigenvalue weighted by Gasteiger charge is -2.36. The van der Waals surface area contributed by atoms with Crippen molar-refractivity contribution in [3.05, 3.63) is 65.5 Å². The number of benzene rings is 1. The van der Waals surface area contributed by atoms with Crippen LogP contribution in [0.5, 0.6) is 0 Å². The van der Waals surface area contributed by atoms with Crippen molar-refractivity contribution < 1.29 is 18.5 Å². The number of quaternary nitrogens is 1. The van der Waals surface area contributed by atoms with Gasteiger partial charge in [-0.25, -0.2) is 4.98 Å². The Hall–Kier alpha value is -2.51. The van der Waals surface area contributed by atoms with Crippen LogP contribution < -0.4 is 0 Å². The fraction of sp³-hybridized carbons (Fsp3) is 0.560. The van der Waals surface area contributed by atoms with E-state index in [0.29, 0.717) is 24.2 Å². The summed E-state index contributed by atoms with van der Waals surface area (Å²) in [6.07, 6.45) is 8.96. The maximum absolute atomic E-state index is 12.0. The first-order valence-corrected chi connectivity index (χ1v) is 11.7. The molecule has 0 spiro atoms. The highest BCUT2D eigenvalue weighted by Crippen LogP contribution is 2.43. The standard InChI is InChI=1S/C25H35N4O3/c1-19-27-23(32-28-19)15-10-16-29(2,3)18-22-17-26-24(31-22)25(30,20-11-6-4-7-12-20)21-13-8-5-9-14-21/h4,6-7,11-12,17,21,30H,5,8-10,13-16,18H2,1-3H3/q+1/t25-/m0/s1. The Bertz CT molecular complexity index is 992. The third kappa shape index (κ3) is 5.10. The van der Waals surface area contributed by atoms with Crippen LogP contribution in [0.4, 0.5) is 0 Å². The molecule has 0 radical (unpaired) electrons. The Kier molecular flexibility index (Phi) is 6.76. The summed E-state index contributed by atoms with van der Waals surface area (Å²) in [6, 6.07) is 9.88. The minimum absolute atomic E-state index is 0.116. The van der Waals surface area contributed by atoms with Crippen LogP contribution in [0.15, 0.2) is 45.5 Å². The number of hydrogen-bond acceptors (Lipinski definition) is 6. The van der Waals surface area contributed by atoms with Gasteiger partial charge in [-0.15, -0.1) is 0 Å². The van der Waals surface area contributed by atoms with Crippen LogP contribution in [0.3, 0.4) is 0 Å². The van der Waals surface area contributed by atoms with Gasteiger partial charge in [0.05, 0.1) is 26.8 Å². The summed E-state index contributed by atoms with van der Waals surface area (Å²) in [6.45, 7) is 3.47. The molecule has 0 saturated heterocycles. The van der Waals surface area contributed by atoms with Crippen molar-refractivity contribution in [1.29, 1.82) is 0 Å². The molecular weight excluding hydrogens is 404 g/mol. The molecule has 3 aromatic rings. The summed E-state index contributed by atoms with van der Waals surface area (Å²) >= 11 is 0. The molecular formula is C25H35N4O3+. The number of nitrogens with zero attached hydrogens (tertiary/aromatic N) is 4. The van der Waals surface area contributed by atoms with Gasteiger partial charge in [-0.3, -0.25) is 0 Å². The second-order valence-electron chi connectivity index (χ2n) is 9.76. The normalized spacial score (nSPS) is 17.4. The predicted octanol–water partition coefficient (Wildman–Crippen LogP) is 4.39. The highest BCUT2D eigenvalue weighted by Gasteiger charge is 2.44. The summed E-state index contributed by atoms with van der Waals surface area (Å²) in [7, 11) is 4.34. The highest BCUT2D eigenvalue weighted by atomic mass is 16.5. The van der Waals surface area contributed by atoms with Gasteiger partial charge in [0, 0.05) is 18.8 Å². The Morgan fingerprint density at radius 3 is 2.56 bits per heavy atom. The Morgan fingerprint density at radius 1 is 1.12 bits per heavy atom. The van der Waals surface area contributed by atoms with Crippen molar-refractivity contribution in [3.8, 4) is 0 Å². The van der Waals surface area contributed by atoms with Crippen LogP contribution >= 0.6 is 0 Å². The quantitative estimate of drug-likeness (QED) is 0.498. The van der Waals surface area contributed by atoms with Gasteiger partial charge in [-0.1, -0.05) is 54.8 Å². The van der Waals surface area contributed by atoms with Gasteiger partial charge in [0.2, 0.25) is 11.8 Å². The summed E-state index contributed by atoms with van der Waals surface area (Å²) in [4.78, 5) is 8.87. The van der Waals surface area contributed by atoms with Crippen molar-refractivity contribution in [1.82, 2.24) is 15.1 Å². The van der Waals surface area contributed by atoms with E-state index in [1.807, 2.05) is 37.3 Å². The maximum atomic E-state index is 12.0. The molecule has 0 aliphatic heterocycles. The third-order valence-electron chi connectivity index (χ3n) is 6.60. The molecule has 2 aromatic heterocycles. The monoisotopic (exact) mass is 439 g/mol. The zero-order valence-corrected chi connectivity index (χ0v) is 19.5. The second-order valence-corrected chi connectivity index (χ2v) is 9.76. The molecule has 1 fully saturated rings. The predicted molar refractivity (Wildman–Crippen MR) is 121 cm³/mol. The van der Waals surface area contributed by atoms with E-state index in [-0.39, 0.29) is 5.92 Å². The van der Waals surface area contributed by atoms with E-state index < -0.39 is 5.60 Å². The van der Waals surface area contributed by atoms with E-state index in [4.69, 9.17) is 8.94 Å². The molecule has 0 unspecified atom stereocenters. The average Bonchev–Trinajstić information content (AvgIpc) is 3.43. The van der Waals surface area contributed by atoms with Gasteiger partial charge < -0.3 is 18.5 Å². The fourth-order valence-corrected chi connectivity index (χ4v) is 4.90. The van der Waals surface area contributed by atoms with Crippen LogP contribution in [0.2, 0.25) is 0 Å². The lowest BCUT2D eigenvalue weighted by Crippen LogP contribution is -2.39. The fourth-order valence-electron chi connectivity index (χ4n) is 4.90. The van der Waals surface area contributed by atoms with Crippen molar-refractivity contribution in [2.75, 3.05) is 20.6 Å². The summed E-state index contributed by atoms with van der Waals surface area (Å²) in [5.41, 5.74) is -0.323. The average molecular weight is 440 g/mol. The third-order valence-corrected chi connectivity index (χ3v) is 6.60. The summed E-state index contributed by atoms with van der Waals surface area (Å²) in [5, 5.41) is 15.8. The van der Waals surface area contributed by atoms with E-state index >= 15 is 0 Å². The first-order chi connectivity index (χ1) is 15.4. The lowest BCUT2D eigenvalue weighted by molar-refractivity contribution is -0.904. The van der Waals surface area contributed by atoms with E-state index in [9.17, 15) is 5.11 Å². The minimum atomic E-state index is -1.19. The zero-order chi connectivity index (χ0) is 22.6. The molecule has 32 heavy (non-hydrogen) atoms. The van der Waals surface area contributed by atoms with Gasteiger partial charge in [-0.05, 0) is 25.3 Å². The van der Waals surface area contributed by atoms with Gasteiger partial charge in [-0.2, -0.15) is 4.98 Å². The van der Waals surface area contributed by atoms with Crippen molar-refractivity contribution >= 4 is 0 Å². The van der Waals surface area contributed by atoms with E-state index in [1.165, 1.54) is 6.42 Å². The van der Waals surface area contributed by atoms with Gasteiger partial charge >= 0.3 is 0 Å². The number of hydrogen-bond donors (Lipinski definition) is 1. The van der Waals surface area contributed by atoms with E-state index in [0.717, 1.165) is 60.9 Å². The van der Waals surface area contributed by atoms with Gasteiger partial charge in [0.25, 0.3) is 0 Å². The highest BCUT2D eigenvalue weighted by molar-refractivity contribution is 5.30. The van der Waals surface area contributed by atoms with Gasteiger partial charge in [0.1, 0.15) is 6.54 Å². The first kappa shape index (κ1) is 22.7. The molecule has 7 heteroatoms. The number of aliphatic hydroxyl groups is 1. The second kappa shape index (κ2) is 9.55. The smallest absolute Gasteiger partial charge is 0.231 e. The Labute approximate surface area is 190 Å². The summed E-state index contributed by atoms with van der Waals surface area (Å²) < 4.78 is 12.2. The summed E-state index contributed by atoms with van der Waals surface area (Å²) in [5.74, 6) is 2.69. The Morgan fingerprint density at radius 2 is 1.88 bits per heavy atom. The molecule has 1 atom stereocenters. The molecule has 1 saturated carbocycles. The Balaban J connectivity index is 1.47.